The first-order valence-corrected chi connectivity index (χ1v) is 13.7. The molecule has 0 aliphatic carbocycles. The van der Waals surface area contributed by atoms with Gasteiger partial charge >= 0.3 is 0 Å². The monoisotopic (exact) mass is 541 g/mol. The number of hydrogen-bond donors (Lipinski definition) is 1. The minimum Gasteiger partial charge on any atom is -0.357 e. The van der Waals surface area contributed by atoms with Crippen molar-refractivity contribution in [1.82, 2.24) is 10.2 Å². The molecule has 196 valence electrons. The molecule has 1 N–H and O–H groups in total. The molecule has 0 spiro atoms. The van der Waals surface area contributed by atoms with Crippen LogP contribution in [0.2, 0.25) is 5.02 Å². The molecule has 2 amide bonds. The van der Waals surface area contributed by atoms with E-state index in [0.717, 1.165) is 15.4 Å². The highest BCUT2D eigenvalue weighted by Gasteiger charge is 2.33. The average molecular weight is 542 g/mol. The summed E-state index contributed by atoms with van der Waals surface area (Å²) < 4.78 is 28.9. The topological polar surface area (TPSA) is 86.8 Å². The molecule has 3 rings (SSSR count). The van der Waals surface area contributed by atoms with Gasteiger partial charge in [-0.25, -0.2) is 8.42 Å². The fraction of sp³-hybridized carbons (Fsp3) is 0.286. The maximum Gasteiger partial charge on any atom is 0.264 e. The number of nitrogens with one attached hydrogen (secondary N) is 1. The van der Waals surface area contributed by atoms with E-state index in [2.05, 4.69) is 5.32 Å². The normalized spacial score (nSPS) is 12.1. The van der Waals surface area contributed by atoms with Crippen molar-refractivity contribution in [1.29, 1.82) is 0 Å². The molecule has 3 aromatic rings. The van der Waals surface area contributed by atoms with Gasteiger partial charge in [-0.3, -0.25) is 13.9 Å². The lowest BCUT2D eigenvalue weighted by atomic mass is 10.1. The highest BCUT2D eigenvalue weighted by Crippen LogP contribution is 2.29. The number of hydrogen-bond acceptors (Lipinski definition) is 4. The molecule has 7 nitrogen and oxygen atoms in total. The van der Waals surface area contributed by atoms with E-state index < -0.39 is 28.5 Å². The van der Waals surface area contributed by atoms with Crippen LogP contribution >= 0.6 is 11.6 Å². The van der Waals surface area contributed by atoms with Crippen molar-refractivity contribution in [2.24, 2.45) is 0 Å². The summed E-state index contributed by atoms with van der Waals surface area (Å²) in [5.74, 6) is -0.910. The summed E-state index contributed by atoms with van der Waals surface area (Å²) >= 11 is 6.35. The Morgan fingerprint density at radius 2 is 1.57 bits per heavy atom. The standard InChI is InChI=1S/C28H32ClN3O4S/c1-19-11-14-24(15-12-19)37(35,36)32(26-16-20(2)10-13-21(26)3)18-27(33)31(22(4)28(34)30-5)17-23-8-6-7-9-25(23)29/h6-16,22H,17-18H2,1-5H3,(H,30,34)/t22-/m0/s1. The Bertz CT molecular complexity index is 1390. The summed E-state index contributed by atoms with van der Waals surface area (Å²) in [5, 5.41) is 3.01. The van der Waals surface area contributed by atoms with Gasteiger partial charge in [0.1, 0.15) is 12.6 Å². The Kier molecular flexibility index (Phi) is 8.99. The van der Waals surface area contributed by atoms with Crippen LogP contribution in [0.1, 0.15) is 29.2 Å². The van der Waals surface area contributed by atoms with E-state index in [1.807, 2.05) is 26.0 Å². The average Bonchev–Trinajstić information content (AvgIpc) is 2.87. The van der Waals surface area contributed by atoms with Crippen LogP contribution in [0.25, 0.3) is 0 Å². The zero-order valence-corrected chi connectivity index (χ0v) is 23.2. The summed E-state index contributed by atoms with van der Waals surface area (Å²) in [7, 11) is -2.62. The Balaban J connectivity index is 2.09. The van der Waals surface area contributed by atoms with Gasteiger partial charge in [-0.05, 0) is 68.7 Å². The number of carbonyl (C=O) groups is 2. The van der Waals surface area contributed by atoms with E-state index in [4.69, 9.17) is 11.6 Å². The van der Waals surface area contributed by atoms with Crippen LogP contribution < -0.4 is 9.62 Å². The molecule has 0 unspecified atom stereocenters. The van der Waals surface area contributed by atoms with Gasteiger partial charge in [0.15, 0.2) is 0 Å². The fourth-order valence-corrected chi connectivity index (χ4v) is 5.61. The van der Waals surface area contributed by atoms with Crippen LogP contribution in [-0.2, 0) is 26.2 Å². The Morgan fingerprint density at radius 1 is 0.946 bits per heavy atom. The molecular formula is C28H32ClN3O4S. The predicted molar refractivity (Wildman–Crippen MR) is 147 cm³/mol. The van der Waals surface area contributed by atoms with Crippen LogP contribution in [0.3, 0.4) is 0 Å². The molecule has 37 heavy (non-hydrogen) atoms. The second kappa shape index (κ2) is 11.8. The van der Waals surface area contributed by atoms with Crippen LogP contribution in [0, 0.1) is 20.8 Å². The lowest BCUT2D eigenvalue weighted by Gasteiger charge is -2.32. The van der Waals surface area contributed by atoms with Gasteiger partial charge in [-0.2, -0.15) is 0 Å². The third-order valence-electron chi connectivity index (χ3n) is 6.23. The molecule has 0 heterocycles. The van der Waals surface area contributed by atoms with Gasteiger partial charge in [0.05, 0.1) is 10.6 Å². The minimum atomic E-state index is -4.11. The summed E-state index contributed by atoms with van der Waals surface area (Å²) in [6.07, 6.45) is 0. The first kappa shape index (κ1) is 28.2. The molecule has 0 aromatic heterocycles. The van der Waals surface area contributed by atoms with Crippen molar-refractivity contribution in [3.8, 4) is 0 Å². The summed E-state index contributed by atoms with van der Waals surface area (Å²) in [6.45, 7) is 6.68. The van der Waals surface area contributed by atoms with Crippen LogP contribution in [0.5, 0.6) is 0 Å². The third-order valence-corrected chi connectivity index (χ3v) is 8.38. The van der Waals surface area contributed by atoms with Gasteiger partial charge in [0.25, 0.3) is 10.0 Å². The smallest absolute Gasteiger partial charge is 0.264 e. The number of amides is 2. The van der Waals surface area contributed by atoms with Crippen molar-refractivity contribution in [3.05, 3.63) is 94.0 Å². The van der Waals surface area contributed by atoms with E-state index in [9.17, 15) is 18.0 Å². The highest BCUT2D eigenvalue weighted by molar-refractivity contribution is 7.92. The number of rotatable bonds is 9. The first-order chi connectivity index (χ1) is 17.4. The van der Waals surface area contributed by atoms with Crippen LogP contribution in [0.15, 0.2) is 71.6 Å². The van der Waals surface area contributed by atoms with Crippen molar-refractivity contribution in [2.75, 3.05) is 17.9 Å². The van der Waals surface area contributed by atoms with E-state index in [0.29, 0.717) is 21.8 Å². The number of likely N-dealkylation sites (N-methyl/N-ethyl adjacent to an activating group) is 1. The first-order valence-electron chi connectivity index (χ1n) is 11.9. The highest BCUT2D eigenvalue weighted by atomic mass is 35.5. The number of aryl methyl sites for hydroxylation is 3. The molecule has 0 saturated carbocycles. The minimum absolute atomic E-state index is 0.0400. The Morgan fingerprint density at radius 3 is 2.19 bits per heavy atom. The number of halogens is 1. The molecule has 0 aliphatic heterocycles. The van der Waals surface area contributed by atoms with Gasteiger partial charge in [0, 0.05) is 18.6 Å². The quantitative estimate of drug-likeness (QED) is 0.428. The van der Waals surface area contributed by atoms with Crippen molar-refractivity contribution in [2.45, 2.75) is 45.2 Å². The second-order valence-electron chi connectivity index (χ2n) is 9.02. The molecule has 0 fully saturated rings. The molecule has 0 radical (unpaired) electrons. The lowest BCUT2D eigenvalue weighted by molar-refractivity contribution is -0.139. The van der Waals surface area contributed by atoms with Crippen molar-refractivity contribution < 1.29 is 18.0 Å². The number of anilines is 1. The zero-order chi connectivity index (χ0) is 27.3. The predicted octanol–water partition coefficient (Wildman–Crippen LogP) is 4.62. The Labute approximate surface area is 224 Å². The zero-order valence-electron chi connectivity index (χ0n) is 21.7. The summed E-state index contributed by atoms with van der Waals surface area (Å²) in [5.41, 5.74) is 3.51. The van der Waals surface area contributed by atoms with Crippen molar-refractivity contribution >= 4 is 39.1 Å². The molecule has 9 heteroatoms. The number of sulfonamides is 1. The number of benzene rings is 3. The van der Waals surface area contributed by atoms with E-state index >= 15 is 0 Å². The molecule has 3 aromatic carbocycles. The number of carbonyl (C=O) groups excluding carboxylic acids is 2. The van der Waals surface area contributed by atoms with Gasteiger partial charge < -0.3 is 10.2 Å². The maximum absolute atomic E-state index is 13.9. The lowest BCUT2D eigenvalue weighted by Crippen LogP contribution is -2.50. The summed E-state index contributed by atoms with van der Waals surface area (Å²) in [4.78, 5) is 27.8. The van der Waals surface area contributed by atoms with E-state index in [-0.39, 0.29) is 17.3 Å². The van der Waals surface area contributed by atoms with Gasteiger partial charge in [-0.15, -0.1) is 0 Å². The van der Waals surface area contributed by atoms with E-state index in [1.165, 1.54) is 24.1 Å². The largest absolute Gasteiger partial charge is 0.357 e. The Hall–Kier alpha value is -3.36. The van der Waals surface area contributed by atoms with Gasteiger partial charge in [0.2, 0.25) is 11.8 Å². The van der Waals surface area contributed by atoms with Gasteiger partial charge in [-0.1, -0.05) is 59.6 Å². The van der Waals surface area contributed by atoms with E-state index in [1.54, 1.807) is 56.3 Å². The molecular weight excluding hydrogens is 510 g/mol. The molecule has 1 atom stereocenters. The fourth-order valence-electron chi connectivity index (χ4n) is 3.94. The maximum atomic E-state index is 13.9. The van der Waals surface area contributed by atoms with Crippen LogP contribution in [-0.4, -0.2) is 44.8 Å². The van der Waals surface area contributed by atoms with Crippen molar-refractivity contribution in [3.63, 3.8) is 0 Å². The number of nitrogens with zero attached hydrogens (tertiary/aromatic N) is 2. The van der Waals surface area contributed by atoms with Crippen LogP contribution in [0.4, 0.5) is 5.69 Å². The second-order valence-corrected chi connectivity index (χ2v) is 11.3. The molecule has 0 bridgehead atoms. The molecule has 0 aliphatic rings. The third kappa shape index (κ3) is 6.50. The SMILES string of the molecule is CNC(=O)[C@H](C)N(Cc1ccccc1Cl)C(=O)CN(c1cc(C)ccc1C)S(=O)(=O)c1ccc(C)cc1. The molecule has 0 saturated heterocycles. The summed E-state index contributed by atoms with van der Waals surface area (Å²) in [6, 6.07) is 18.1.